The summed E-state index contributed by atoms with van der Waals surface area (Å²) in [6.07, 6.45) is 3.06. The topological polar surface area (TPSA) is 109 Å². The van der Waals surface area contributed by atoms with Crippen LogP contribution in [0.2, 0.25) is 0 Å². The van der Waals surface area contributed by atoms with E-state index in [1.54, 1.807) is 36.7 Å². The van der Waals surface area contributed by atoms with Crippen LogP contribution in [-0.4, -0.2) is 26.3 Å². The van der Waals surface area contributed by atoms with Gasteiger partial charge in [0.2, 0.25) is 15.9 Å². The van der Waals surface area contributed by atoms with Gasteiger partial charge in [-0.15, -0.1) is 11.3 Å². The summed E-state index contributed by atoms with van der Waals surface area (Å²) in [6, 6.07) is 18.5. The standard InChI is InChI=1S/C26H22N2O5S2/c1-17-5-3-7-26(28-17)33-23-16-24(32-2)21(25-6-4-14-34-25)15-19(23)10-13-22(29)18-8-11-20(12-9-18)35(27,30)31/h3-16H,1-2H3,(H2,27,30,31). The molecule has 2 N–H and O–H groups in total. The monoisotopic (exact) mass is 506 g/mol. The first-order valence-electron chi connectivity index (χ1n) is 10.5. The Hall–Kier alpha value is -3.79. The van der Waals surface area contributed by atoms with E-state index in [0.717, 1.165) is 16.1 Å². The van der Waals surface area contributed by atoms with E-state index in [9.17, 15) is 13.2 Å². The number of hydrogen-bond acceptors (Lipinski definition) is 7. The first-order valence-corrected chi connectivity index (χ1v) is 12.9. The van der Waals surface area contributed by atoms with Crippen molar-refractivity contribution in [3.05, 3.63) is 95.0 Å². The van der Waals surface area contributed by atoms with Crippen molar-refractivity contribution < 1.29 is 22.7 Å². The fraction of sp³-hybridized carbons (Fsp3) is 0.0769. The molecule has 2 aromatic carbocycles. The van der Waals surface area contributed by atoms with E-state index in [2.05, 4.69) is 4.98 Å². The SMILES string of the molecule is COc1cc(Oc2cccc(C)n2)c(C=CC(=O)c2ccc(S(N)(=O)=O)cc2)cc1-c1cccs1. The number of aryl methyl sites for hydroxylation is 1. The molecule has 0 aliphatic rings. The number of carbonyl (C=O) groups is 1. The molecule has 0 aliphatic carbocycles. The third kappa shape index (κ3) is 5.83. The molecule has 0 saturated carbocycles. The molecule has 0 unspecified atom stereocenters. The quantitative estimate of drug-likeness (QED) is 0.251. The second-order valence-corrected chi connectivity index (χ2v) is 10.1. The minimum atomic E-state index is -3.83. The van der Waals surface area contributed by atoms with Crippen molar-refractivity contribution in [2.75, 3.05) is 7.11 Å². The number of ketones is 1. The van der Waals surface area contributed by atoms with Crippen LogP contribution in [0.25, 0.3) is 16.5 Å². The maximum Gasteiger partial charge on any atom is 0.238 e. The van der Waals surface area contributed by atoms with Gasteiger partial charge in [-0.2, -0.15) is 0 Å². The Labute approximate surface area is 207 Å². The van der Waals surface area contributed by atoms with E-state index in [4.69, 9.17) is 14.6 Å². The van der Waals surface area contributed by atoms with Gasteiger partial charge >= 0.3 is 0 Å². The van der Waals surface area contributed by atoms with Crippen molar-refractivity contribution in [3.8, 4) is 27.8 Å². The van der Waals surface area contributed by atoms with Gasteiger partial charge < -0.3 is 9.47 Å². The molecular formula is C26H22N2O5S2. The number of carbonyl (C=O) groups excluding carboxylic acids is 1. The molecule has 4 rings (SSSR count). The molecule has 178 valence electrons. The predicted molar refractivity (Wildman–Crippen MR) is 137 cm³/mol. The summed E-state index contributed by atoms with van der Waals surface area (Å²) in [6.45, 7) is 1.87. The highest BCUT2D eigenvalue weighted by molar-refractivity contribution is 7.89. The van der Waals surface area contributed by atoms with Crippen LogP contribution in [0.3, 0.4) is 0 Å². The van der Waals surface area contributed by atoms with Crippen LogP contribution in [0, 0.1) is 6.92 Å². The number of nitrogens with two attached hydrogens (primary N) is 1. The maximum absolute atomic E-state index is 12.8. The third-order valence-corrected chi connectivity index (χ3v) is 6.91. The second-order valence-electron chi connectivity index (χ2n) is 7.55. The number of rotatable bonds is 8. The molecule has 0 radical (unpaired) electrons. The lowest BCUT2D eigenvalue weighted by Crippen LogP contribution is -2.12. The lowest BCUT2D eigenvalue weighted by atomic mass is 10.0. The average Bonchev–Trinajstić information content (AvgIpc) is 3.37. The van der Waals surface area contributed by atoms with Crippen LogP contribution >= 0.6 is 11.3 Å². The summed E-state index contributed by atoms with van der Waals surface area (Å²) in [5, 5.41) is 7.10. The largest absolute Gasteiger partial charge is 0.496 e. The Kier molecular flexibility index (Phi) is 7.11. The zero-order valence-corrected chi connectivity index (χ0v) is 20.6. The van der Waals surface area contributed by atoms with Crippen LogP contribution in [-0.2, 0) is 10.0 Å². The first kappa shape index (κ1) is 24.3. The third-order valence-electron chi connectivity index (χ3n) is 5.08. The van der Waals surface area contributed by atoms with Crippen LogP contribution < -0.4 is 14.6 Å². The minimum absolute atomic E-state index is 0.0601. The van der Waals surface area contributed by atoms with Gasteiger partial charge in [0.15, 0.2) is 5.78 Å². The number of sulfonamides is 1. The molecule has 0 fully saturated rings. The number of benzene rings is 2. The molecule has 0 amide bonds. The lowest BCUT2D eigenvalue weighted by Gasteiger charge is -2.14. The van der Waals surface area contributed by atoms with Gasteiger partial charge in [-0.25, -0.2) is 18.5 Å². The smallest absolute Gasteiger partial charge is 0.238 e. The molecule has 0 bridgehead atoms. The van der Waals surface area contributed by atoms with E-state index in [-0.39, 0.29) is 10.7 Å². The van der Waals surface area contributed by atoms with Crippen molar-refractivity contribution in [1.29, 1.82) is 0 Å². The number of pyridine rings is 1. The number of hydrogen-bond donors (Lipinski definition) is 1. The molecule has 0 atom stereocenters. The molecule has 0 saturated heterocycles. The molecule has 2 heterocycles. The minimum Gasteiger partial charge on any atom is -0.496 e. The van der Waals surface area contributed by atoms with E-state index < -0.39 is 10.0 Å². The van der Waals surface area contributed by atoms with Crippen molar-refractivity contribution in [2.45, 2.75) is 11.8 Å². The number of ether oxygens (including phenoxy) is 2. The molecule has 9 heteroatoms. The Morgan fingerprint density at radius 1 is 1.03 bits per heavy atom. The summed E-state index contributed by atoms with van der Waals surface area (Å²) >= 11 is 1.57. The van der Waals surface area contributed by atoms with Gasteiger partial charge in [0, 0.05) is 39.4 Å². The van der Waals surface area contributed by atoms with Crippen LogP contribution in [0.5, 0.6) is 17.4 Å². The fourth-order valence-electron chi connectivity index (χ4n) is 3.35. The van der Waals surface area contributed by atoms with Gasteiger partial charge in [-0.05, 0) is 66.9 Å². The van der Waals surface area contributed by atoms with E-state index in [1.165, 1.54) is 30.3 Å². The zero-order chi connectivity index (χ0) is 25.0. The Morgan fingerprint density at radius 3 is 2.43 bits per heavy atom. The number of aromatic nitrogens is 1. The molecule has 2 aromatic heterocycles. The number of thiophene rings is 1. The zero-order valence-electron chi connectivity index (χ0n) is 19.0. The average molecular weight is 507 g/mol. The van der Waals surface area contributed by atoms with Gasteiger partial charge in [0.25, 0.3) is 0 Å². The lowest BCUT2D eigenvalue weighted by molar-refractivity contribution is 0.104. The summed E-state index contributed by atoms with van der Waals surface area (Å²) in [5.74, 6) is 1.20. The van der Waals surface area contributed by atoms with Crippen LogP contribution in [0.4, 0.5) is 0 Å². The normalized spacial score (nSPS) is 11.5. The Balaban J connectivity index is 1.72. The molecule has 0 spiro atoms. The van der Waals surface area contributed by atoms with Gasteiger partial charge in [0.1, 0.15) is 11.5 Å². The van der Waals surface area contributed by atoms with E-state index in [0.29, 0.717) is 28.5 Å². The summed E-state index contributed by atoms with van der Waals surface area (Å²) in [5.41, 5.74) is 2.63. The van der Waals surface area contributed by atoms with Crippen molar-refractivity contribution in [2.24, 2.45) is 5.14 Å². The van der Waals surface area contributed by atoms with E-state index in [1.807, 2.05) is 42.6 Å². The van der Waals surface area contributed by atoms with Gasteiger partial charge in [0.05, 0.1) is 12.0 Å². The van der Waals surface area contributed by atoms with Crippen molar-refractivity contribution in [3.63, 3.8) is 0 Å². The Morgan fingerprint density at radius 2 is 1.80 bits per heavy atom. The summed E-state index contributed by atoms with van der Waals surface area (Å²) < 4.78 is 34.6. The van der Waals surface area contributed by atoms with Crippen LogP contribution in [0.15, 0.2) is 83.1 Å². The second kappa shape index (κ2) is 10.2. The highest BCUT2D eigenvalue weighted by Crippen LogP contribution is 2.40. The molecule has 0 aliphatic heterocycles. The fourth-order valence-corrected chi connectivity index (χ4v) is 4.61. The highest BCUT2D eigenvalue weighted by Gasteiger charge is 2.15. The maximum atomic E-state index is 12.8. The van der Waals surface area contributed by atoms with Gasteiger partial charge in [-0.1, -0.05) is 12.1 Å². The van der Waals surface area contributed by atoms with Crippen molar-refractivity contribution >= 4 is 33.2 Å². The molecular weight excluding hydrogens is 484 g/mol. The Bertz CT molecular complexity index is 1490. The molecule has 7 nitrogen and oxygen atoms in total. The number of primary sulfonamides is 1. The molecule has 35 heavy (non-hydrogen) atoms. The number of nitrogens with zero attached hydrogens (tertiary/aromatic N) is 1. The first-order chi connectivity index (χ1) is 16.7. The van der Waals surface area contributed by atoms with Crippen molar-refractivity contribution in [1.82, 2.24) is 4.98 Å². The molecule has 4 aromatic rings. The summed E-state index contributed by atoms with van der Waals surface area (Å²) in [7, 11) is -2.25. The highest BCUT2D eigenvalue weighted by atomic mass is 32.2. The van der Waals surface area contributed by atoms with Gasteiger partial charge in [-0.3, -0.25) is 4.79 Å². The number of allylic oxidation sites excluding steroid dienone is 1. The number of methoxy groups -OCH3 is 1. The predicted octanol–water partition coefficient (Wildman–Crippen LogP) is 5.46. The van der Waals surface area contributed by atoms with E-state index >= 15 is 0 Å². The summed E-state index contributed by atoms with van der Waals surface area (Å²) in [4.78, 5) is 18.1. The van der Waals surface area contributed by atoms with Crippen LogP contribution in [0.1, 0.15) is 21.6 Å².